The fourth-order valence-corrected chi connectivity index (χ4v) is 1.52. The van der Waals surface area contributed by atoms with Crippen LogP contribution in [0.1, 0.15) is 25.7 Å². The summed E-state index contributed by atoms with van der Waals surface area (Å²) in [6, 6.07) is 0.257. The van der Waals surface area contributed by atoms with Gasteiger partial charge in [-0.05, 0) is 12.8 Å². The van der Waals surface area contributed by atoms with E-state index in [1.165, 1.54) is 13.3 Å². The van der Waals surface area contributed by atoms with Crippen molar-refractivity contribution in [2.24, 2.45) is 0 Å². The van der Waals surface area contributed by atoms with E-state index in [-0.39, 0.29) is 12.4 Å². The quantitative estimate of drug-likeness (QED) is 0.707. The van der Waals surface area contributed by atoms with Gasteiger partial charge in [-0.1, -0.05) is 18.0 Å². The minimum Gasteiger partial charge on any atom is -0.481 e. The Kier molecular flexibility index (Phi) is 6.21. The number of aromatic nitrogens is 2. The highest BCUT2D eigenvalue weighted by Gasteiger charge is 2.04. The molecule has 0 bridgehead atoms. The van der Waals surface area contributed by atoms with Crippen LogP contribution < -0.4 is 10.1 Å². The number of rotatable bonds is 8. The summed E-state index contributed by atoms with van der Waals surface area (Å²) < 4.78 is 4.89. The van der Waals surface area contributed by atoms with Crippen molar-refractivity contribution in [2.45, 2.75) is 25.7 Å². The molecule has 1 aromatic rings. The number of aliphatic carboxylic acids is 1. The smallest absolute Gasteiger partial charge is 0.318 e. The summed E-state index contributed by atoms with van der Waals surface area (Å²) in [5.41, 5.74) is 0. The van der Waals surface area contributed by atoms with Crippen molar-refractivity contribution in [3.05, 3.63) is 11.2 Å². The van der Waals surface area contributed by atoms with Crippen LogP contribution in [0, 0.1) is 0 Å². The number of hydrogen-bond donors (Lipinski definition) is 2. The molecule has 2 N–H and O–H groups in total. The Labute approximate surface area is 110 Å². The van der Waals surface area contributed by atoms with Crippen molar-refractivity contribution >= 4 is 23.4 Å². The molecule has 0 unspecified atom stereocenters. The standard InChI is InChI=1S/C11H16ClN3O3/c1-18-11-14-7-8(12)10(15-11)13-6-4-2-3-5-9(16)17/h7H,2-6H2,1H3,(H,16,17)(H,13,14,15). The van der Waals surface area contributed by atoms with E-state index in [1.807, 2.05) is 0 Å². The SMILES string of the molecule is COc1ncc(Cl)c(NCCCCCC(=O)O)n1. The Balaban J connectivity index is 2.28. The summed E-state index contributed by atoms with van der Waals surface area (Å²) in [6.07, 6.45) is 4.06. The van der Waals surface area contributed by atoms with Crippen LogP contribution in [-0.4, -0.2) is 34.7 Å². The minimum absolute atomic E-state index is 0.210. The van der Waals surface area contributed by atoms with Crippen molar-refractivity contribution in [1.82, 2.24) is 9.97 Å². The molecule has 0 fully saturated rings. The van der Waals surface area contributed by atoms with Gasteiger partial charge < -0.3 is 15.2 Å². The topological polar surface area (TPSA) is 84.3 Å². The molecular weight excluding hydrogens is 258 g/mol. The van der Waals surface area contributed by atoms with Crippen LogP contribution in [0.4, 0.5) is 5.82 Å². The molecule has 0 aliphatic carbocycles. The van der Waals surface area contributed by atoms with E-state index in [4.69, 9.17) is 21.4 Å². The average molecular weight is 274 g/mol. The van der Waals surface area contributed by atoms with Crippen LogP contribution in [0.3, 0.4) is 0 Å². The van der Waals surface area contributed by atoms with Crippen LogP contribution in [0.25, 0.3) is 0 Å². The van der Waals surface area contributed by atoms with Gasteiger partial charge in [-0.3, -0.25) is 4.79 Å². The first-order chi connectivity index (χ1) is 8.63. The van der Waals surface area contributed by atoms with Gasteiger partial charge in [-0.25, -0.2) is 4.98 Å². The molecule has 0 radical (unpaired) electrons. The highest BCUT2D eigenvalue weighted by molar-refractivity contribution is 6.32. The van der Waals surface area contributed by atoms with Crippen LogP contribution >= 0.6 is 11.6 Å². The number of methoxy groups -OCH3 is 1. The number of carbonyl (C=O) groups is 1. The number of halogens is 1. The third-order valence-corrected chi connectivity index (χ3v) is 2.54. The number of nitrogens with one attached hydrogen (secondary N) is 1. The fourth-order valence-electron chi connectivity index (χ4n) is 1.36. The number of unbranched alkanes of at least 4 members (excludes halogenated alkanes) is 2. The predicted molar refractivity (Wildman–Crippen MR) is 68.2 cm³/mol. The van der Waals surface area contributed by atoms with Gasteiger partial charge in [0.25, 0.3) is 0 Å². The molecule has 0 aromatic carbocycles. The minimum atomic E-state index is -0.758. The second kappa shape index (κ2) is 7.71. The fraction of sp³-hybridized carbons (Fsp3) is 0.545. The zero-order valence-corrected chi connectivity index (χ0v) is 10.9. The van der Waals surface area contributed by atoms with E-state index < -0.39 is 5.97 Å². The van der Waals surface area contributed by atoms with Gasteiger partial charge in [0.05, 0.1) is 13.3 Å². The van der Waals surface area contributed by atoms with E-state index in [0.717, 1.165) is 12.8 Å². The molecule has 1 heterocycles. The average Bonchev–Trinajstić information content (AvgIpc) is 2.35. The molecule has 0 amide bonds. The van der Waals surface area contributed by atoms with Crippen LogP contribution in [0.2, 0.25) is 5.02 Å². The maximum Gasteiger partial charge on any atom is 0.318 e. The largest absolute Gasteiger partial charge is 0.481 e. The lowest BCUT2D eigenvalue weighted by molar-refractivity contribution is -0.137. The normalized spacial score (nSPS) is 10.1. The third-order valence-electron chi connectivity index (χ3n) is 2.26. The second-order valence-electron chi connectivity index (χ2n) is 3.68. The summed E-state index contributed by atoms with van der Waals surface area (Å²) in [7, 11) is 1.49. The molecule has 1 aromatic heterocycles. The lowest BCUT2D eigenvalue weighted by atomic mass is 10.2. The molecule has 0 spiro atoms. The third kappa shape index (κ3) is 5.18. The summed E-state index contributed by atoms with van der Waals surface area (Å²) in [6.45, 7) is 0.680. The first kappa shape index (κ1) is 14.5. The number of anilines is 1. The summed E-state index contributed by atoms with van der Waals surface area (Å²) in [4.78, 5) is 18.2. The van der Waals surface area contributed by atoms with E-state index >= 15 is 0 Å². The molecule has 0 aliphatic rings. The number of ether oxygens (including phenoxy) is 1. The first-order valence-electron chi connectivity index (χ1n) is 5.65. The monoisotopic (exact) mass is 273 g/mol. The summed E-state index contributed by atoms with van der Waals surface area (Å²) >= 11 is 5.91. The molecular formula is C11H16ClN3O3. The molecule has 6 nitrogen and oxygen atoms in total. The molecule has 1 rings (SSSR count). The highest BCUT2D eigenvalue weighted by atomic mass is 35.5. The van der Waals surface area contributed by atoms with Crippen molar-refractivity contribution < 1.29 is 14.6 Å². The molecule has 7 heteroatoms. The van der Waals surface area contributed by atoms with Crippen molar-refractivity contribution in [2.75, 3.05) is 19.0 Å². The summed E-state index contributed by atoms with van der Waals surface area (Å²) in [5.74, 6) is -0.228. The first-order valence-corrected chi connectivity index (χ1v) is 6.03. The lowest BCUT2D eigenvalue weighted by Crippen LogP contribution is -2.06. The lowest BCUT2D eigenvalue weighted by Gasteiger charge is -2.07. The number of carboxylic acid groups (broad SMARTS) is 1. The van der Waals surface area contributed by atoms with Crippen molar-refractivity contribution in [3.63, 3.8) is 0 Å². The van der Waals surface area contributed by atoms with Gasteiger partial charge in [0, 0.05) is 13.0 Å². The van der Waals surface area contributed by atoms with E-state index in [0.29, 0.717) is 23.8 Å². The maximum absolute atomic E-state index is 10.3. The van der Waals surface area contributed by atoms with Crippen LogP contribution in [-0.2, 0) is 4.79 Å². The molecule has 0 atom stereocenters. The van der Waals surface area contributed by atoms with E-state index in [9.17, 15) is 4.79 Å². The van der Waals surface area contributed by atoms with Gasteiger partial charge >= 0.3 is 12.0 Å². The second-order valence-corrected chi connectivity index (χ2v) is 4.09. The molecule has 0 saturated carbocycles. The van der Waals surface area contributed by atoms with Gasteiger partial charge in [-0.2, -0.15) is 4.98 Å². The maximum atomic E-state index is 10.3. The Hall–Kier alpha value is -1.56. The zero-order chi connectivity index (χ0) is 13.4. The Morgan fingerprint density at radius 2 is 2.28 bits per heavy atom. The molecule has 18 heavy (non-hydrogen) atoms. The Bertz CT molecular complexity index is 401. The van der Waals surface area contributed by atoms with Gasteiger partial charge in [0.15, 0.2) is 5.82 Å². The predicted octanol–water partition coefficient (Wildman–Crippen LogP) is 2.20. The highest BCUT2D eigenvalue weighted by Crippen LogP contribution is 2.20. The van der Waals surface area contributed by atoms with E-state index in [1.54, 1.807) is 0 Å². The van der Waals surface area contributed by atoms with Crippen molar-refractivity contribution in [1.29, 1.82) is 0 Å². The van der Waals surface area contributed by atoms with E-state index in [2.05, 4.69) is 15.3 Å². The zero-order valence-electron chi connectivity index (χ0n) is 10.1. The molecule has 0 saturated heterocycles. The Morgan fingerprint density at radius 3 is 2.94 bits per heavy atom. The molecule has 0 aliphatic heterocycles. The molecule has 100 valence electrons. The Morgan fingerprint density at radius 1 is 1.50 bits per heavy atom. The number of carboxylic acids is 1. The van der Waals surface area contributed by atoms with Gasteiger partial charge in [0.2, 0.25) is 0 Å². The van der Waals surface area contributed by atoms with Gasteiger partial charge in [-0.15, -0.1) is 0 Å². The van der Waals surface area contributed by atoms with Crippen LogP contribution in [0.15, 0.2) is 6.20 Å². The summed E-state index contributed by atoms with van der Waals surface area (Å²) in [5, 5.41) is 12.0. The number of hydrogen-bond acceptors (Lipinski definition) is 5. The van der Waals surface area contributed by atoms with Crippen LogP contribution in [0.5, 0.6) is 6.01 Å². The number of nitrogens with zero attached hydrogens (tertiary/aromatic N) is 2. The van der Waals surface area contributed by atoms with Gasteiger partial charge in [0.1, 0.15) is 5.02 Å². The van der Waals surface area contributed by atoms with Crippen molar-refractivity contribution in [3.8, 4) is 6.01 Å².